The summed E-state index contributed by atoms with van der Waals surface area (Å²) < 4.78 is 55.4. The fourth-order valence-electron chi connectivity index (χ4n) is 2.58. The van der Waals surface area contributed by atoms with Gasteiger partial charge in [0, 0.05) is 54.5 Å². The van der Waals surface area contributed by atoms with E-state index in [1.165, 1.54) is 28.4 Å². The number of hydrogen-bond acceptors (Lipinski definition) is 14. The number of methoxy groups -OCH3 is 4. The van der Waals surface area contributed by atoms with Gasteiger partial charge in [-0.05, 0) is 13.8 Å². The number of carboxylic acids is 2. The molecule has 0 saturated heterocycles. The number of aliphatic hydroxyl groups excluding tert-OH is 2. The molecule has 0 fully saturated rings. The third kappa shape index (κ3) is 16.1. The number of carbonyl (C=O) groups excluding carboxylic acids is 4. The molecule has 8 N–H and O–H groups in total. The number of aliphatic hydroxyl groups is 2. The van der Waals surface area contributed by atoms with Gasteiger partial charge in [0.05, 0.1) is 11.9 Å². The van der Waals surface area contributed by atoms with E-state index in [2.05, 4.69) is 11.5 Å². The molecule has 2 amide bonds. The molecule has 238 valence electrons. The highest BCUT2D eigenvalue weighted by Crippen LogP contribution is 2.21. The summed E-state index contributed by atoms with van der Waals surface area (Å²) >= 11 is 0. The highest BCUT2D eigenvalue weighted by molar-refractivity contribution is 5.80. The molecule has 0 radical (unpaired) electrons. The number of carbonyl (C=O) groups is 4. The van der Waals surface area contributed by atoms with Gasteiger partial charge in [0.15, 0.2) is 23.8 Å². The number of halogens is 2. The fraction of sp³-hybridized carbons (Fsp3) is 0.818. The molecule has 0 aliphatic rings. The zero-order valence-electron chi connectivity index (χ0n) is 23.5. The Morgan fingerprint density at radius 3 is 1.07 bits per heavy atom. The van der Waals surface area contributed by atoms with Crippen LogP contribution in [0.25, 0.3) is 0 Å². The van der Waals surface area contributed by atoms with Gasteiger partial charge >= 0.3 is 11.8 Å². The molecule has 4 unspecified atom stereocenters. The monoisotopic (exact) mass is 596 g/mol. The van der Waals surface area contributed by atoms with Crippen LogP contribution in [0.15, 0.2) is 0 Å². The molecule has 0 spiro atoms. The van der Waals surface area contributed by atoms with Crippen molar-refractivity contribution in [2.75, 3.05) is 55.0 Å². The average Bonchev–Trinajstić information content (AvgIpc) is 2.93. The van der Waals surface area contributed by atoms with Gasteiger partial charge in [-0.3, -0.25) is 11.5 Å². The lowest BCUT2D eigenvalue weighted by molar-refractivity contribution is -0.333. The summed E-state index contributed by atoms with van der Waals surface area (Å²) in [5, 5.41) is 35.7. The molecule has 0 aromatic rings. The van der Waals surface area contributed by atoms with Crippen LogP contribution in [0.1, 0.15) is 26.7 Å². The molecule has 0 aliphatic carbocycles. The number of ether oxygens (including phenoxy) is 6. The van der Waals surface area contributed by atoms with Gasteiger partial charge in [-0.15, -0.1) is 0 Å². The van der Waals surface area contributed by atoms with Crippen LogP contribution in [0.2, 0.25) is 0 Å². The van der Waals surface area contributed by atoms with Gasteiger partial charge in [0.1, 0.15) is 25.6 Å². The number of aliphatic carboxylic acids is 2. The van der Waals surface area contributed by atoms with E-state index >= 15 is 0 Å². The van der Waals surface area contributed by atoms with Crippen LogP contribution in [0.4, 0.5) is 8.78 Å². The Labute approximate surface area is 230 Å². The van der Waals surface area contributed by atoms with E-state index in [-0.39, 0.29) is 12.8 Å². The van der Waals surface area contributed by atoms with E-state index in [1.807, 2.05) is 0 Å². The summed E-state index contributed by atoms with van der Waals surface area (Å²) in [4.78, 5) is 41.4. The standard InChI is InChI=1S/2C9H18FNO4.C4H6O6/c2*1-4-15-7(8(11)12)5-9(6-10,13-2)14-3;5-1(3(7)8)2(6)4(9)10/h2*7H,4-6H2,1-3H3,(H2,11,12);1-2,5-6H,(H,7,8)(H,9,10). The highest BCUT2D eigenvalue weighted by Gasteiger charge is 2.38. The van der Waals surface area contributed by atoms with E-state index in [1.54, 1.807) is 13.8 Å². The summed E-state index contributed by atoms with van der Waals surface area (Å²) in [6.45, 7) is 2.48. The SMILES string of the molecule is CCOC(CC(CF)(OC)OC)C([NH3+])=O.CCOC(CC(CF)(OC)OC)C([NH3+])=O.O=C([O-])C(O)C(O)C(=O)[O-]. The van der Waals surface area contributed by atoms with E-state index in [4.69, 9.17) is 38.6 Å². The van der Waals surface area contributed by atoms with Crippen molar-refractivity contribution in [1.29, 1.82) is 0 Å². The quantitative estimate of drug-likeness (QED) is 0.101. The third-order valence-corrected chi connectivity index (χ3v) is 5.12. The number of hydrogen-bond donors (Lipinski definition) is 4. The maximum Gasteiger partial charge on any atom is 0.337 e. The minimum Gasteiger partial charge on any atom is -0.547 e. The predicted octanol–water partition coefficient (Wildman–Crippen LogP) is -5.77. The van der Waals surface area contributed by atoms with E-state index in [0.29, 0.717) is 13.2 Å². The molecular weight excluding hydrogens is 554 g/mol. The van der Waals surface area contributed by atoms with Gasteiger partial charge in [-0.25, -0.2) is 18.4 Å². The number of carboxylic acid groups (broad SMARTS) is 2. The van der Waals surface area contributed by atoms with Gasteiger partial charge in [-0.2, -0.15) is 0 Å². The van der Waals surface area contributed by atoms with Gasteiger partial charge in [0.2, 0.25) is 0 Å². The molecule has 0 heterocycles. The Hall–Kier alpha value is -2.26. The van der Waals surface area contributed by atoms with Crippen LogP contribution < -0.4 is 21.7 Å². The van der Waals surface area contributed by atoms with Crippen molar-refractivity contribution in [3.63, 3.8) is 0 Å². The molecule has 40 heavy (non-hydrogen) atoms. The smallest absolute Gasteiger partial charge is 0.337 e. The van der Waals surface area contributed by atoms with Crippen molar-refractivity contribution in [3.8, 4) is 0 Å². The van der Waals surface area contributed by atoms with E-state index in [9.17, 15) is 38.2 Å². The first-order valence-corrected chi connectivity index (χ1v) is 11.6. The molecule has 16 nitrogen and oxygen atoms in total. The predicted molar refractivity (Wildman–Crippen MR) is 123 cm³/mol. The van der Waals surface area contributed by atoms with Crippen molar-refractivity contribution in [3.05, 3.63) is 0 Å². The molecule has 0 aliphatic heterocycles. The van der Waals surface area contributed by atoms with Crippen LogP contribution in [0.5, 0.6) is 0 Å². The van der Waals surface area contributed by atoms with E-state index in [0.717, 1.165) is 0 Å². The summed E-state index contributed by atoms with van der Waals surface area (Å²) in [6, 6.07) is 0. The lowest BCUT2D eigenvalue weighted by atomic mass is 10.1. The minimum atomic E-state index is -2.44. The van der Waals surface area contributed by atoms with Crippen LogP contribution >= 0.6 is 0 Å². The lowest BCUT2D eigenvalue weighted by Gasteiger charge is -2.29. The molecule has 4 atom stereocenters. The molecule has 0 rings (SSSR count). The van der Waals surface area contributed by atoms with Crippen molar-refractivity contribution in [2.24, 2.45) is 0 Å². The number of quaternary nitrogens is 2. The van der Waals surface area contributed by atoms with Gasteiger partial charge < -0.3 is 58.4 Å². The first kappa shape index (κ1) is 42.2. The number of alkyl halides is 2. The lowest BCUT2D eigenvalue weighted by Crippen LogP contribution is -2.64. The summed E-state index contributed by atoms with van der Waals surface area (Å²) in [7, 11) is 5.28. The second-order valence-corrected chi connectivity index (χ2v) is 7.66. The van der Waals surface area contributed by atoms with Crippen molar-refractivity contribution >= 4 is 23.8 Å². The molecule has 0 bridgehead atoms. The highest BCUT2D eigenvalue weighted by atomic mass is 19.1. The molecule has 18 heteroatoms. The Kier molecular flexibility index (Phi) is 23.7. The van der Waals surface area contributed by atoms with Crippen LogP contribution in [-0.4, -0.2) is 125 Å². The fourth-order valence-corrected chi connectivity index (χ4v) is 2.58. The Morgan fingerprint density at radius 2 is 0.950 bits per heavy atom. The summed E-state index contributed by atoms with van der Waals surface area (Å²) in [6.07, 6.45) is -6.49. The van der Waals surface area contributed by atoms with Crippen LogP contribution in [-0.2, 0) is 47.6 Å². The average molecular weight is 597 g/mol. The Balaban J connectivity index is -0.000000525. The second kappa shape index (κ2) is 22.4. The maximum absolute atomic E-state index is 12.7. The van der Waals surface area contributed by atoms with Gasteiger partial charge in [-0.1, -0.05) is 0 Å². The number of amides is 2. The zero-order chi connectivity index (χ0) is 32.1. The first-order chi connectivity index (χ1) is 18.6. The third-order valence-electron chi connectivity index (χ3n) is 5.12. The van der Waals surface area contributed by atoms with E-state index < -0.39 is 73.1 Å². The van der Waals surface area contributed by atoms with Crippen LogP contribution in [0, 0.1) is 0 Å². The number of rotatable bonds is 19. The summed E-state index contributed by atoms with van der Waals surface area (Å²) in [5.41, 5.74) is 6.49. The normalized spacial score (nSPS) is 14.4. The maximum atomic E-state index is 12.7. The Bertz CT molecular complexity index is 662. The first-order valence-electron chi connectivity index (χ1n) is 11.6. The van der Waals surface area contributed by atoms with Crippen molar-refractivity contribution in [2.45, 2.75) is 62.7 Å². The Morgan fingerprint density at radius 1 is 0.700 bits per heavy atom. The molecule has 0 aromatic heterocycles. The minimum absolute atomic E-state index is 0.00727. The van der Waals surface area contributed by atoms with Gasteiger partial charge in [0.25, 0.3) is 0 Å². The second-order valence-electron chi connectivity index (χ2n) is 7.66. The zero-order valence-corrected chi connectivity index (χ0v) is 23.5. The molecular formula is C22H42F2N2O14. The molecule has 0 aromatic carbocycles. The largest absolute Gasteiger partial charge is 0.547 e. The van der Waals surface area contributed by atoms with Crippen molar-refractivity contribution in [1.82, 2.24) is 0 Å². The van der Waals surface area contributed by atoms with Crippen molar-refractivity contribution < 1.29 is 88.3 Å². The summed E-state index contributed by atoms with van der Waals surface area (Å²) in [5.74, 6) is -7.79. The topological polar surface area (TPSA) is 266 Å². The molecule has 0 saturated carbocycles. The van der Waals surface area contributed by atoms with Crippen LogP contribution in [0.3, 0.4) is 0 Å².